The van der Waals surface area contributed by atoms with Crippen molar-refractivity contribution in [2.24, 2.45) is 23.7 Å². The van der Waals surface area contributed by atoms with Gasteiger partial charge in [0.1, 0.15) is 0 Å². The second kappa shape index (κ2) is 9.13. The summed E-state index contributed by atoms with van der Waals surface area (Å²) in [7, 11) is 0. The van der Waals surface area contributed by atoms with E-state index in [1.54, 1.807) is 6.08 Å². The molecule has 0 bridgehead atoms. The Hall–Kier alpha value is -2.17. The van der Waals surface area contributed by atoms with Gasteiger partial charge in [0.2, 0.25) is 5.91 Å². The molecule has 2 N–H and O–H groups in total. The number of carbonyl (C=O) groups is 1. The van der Waals surface area contributed by atoms with E-state index in [1.807, 2.05) is 44.2 Å². The van der Waals surface area contributed by atoms with Gasteiger partial charge >= 0.3 is 0 Å². The zero-order valence-electron chi connectivity index (χ0n) is 18.8. The first-order valence-corrected chi connectivity index (χ1v) is 11.6. The molecule has 0 saturated carbocycles. The van der Waals surface area contributed by atoms with Gasteiger partial charge in [-0.15, -0.1) is 0 Å². The van der Waals surface area contributed by atoms with Crippen molar-refractivity contribution >= 4 is 5.91 Å². The number of hydrogen-bond acceptors (Lipinski definition) is 3. The summed E-state index contributed by atoms with van der Waals surface area (Å²) in [6.45, 7) is 6.15. The molecule has 2 aliphatic heterocycles. The Labute approximate surface area is 186 Å². The summed E-state index contributed by atoms with van der Waals surface area (Å²) < 4.78 is 0. The van der Waals surface area contributed by atoms with Crippen LogP contribution in [0.4, 0.5) is 0 Å². The number of aliphatic hydroxyl groups excluding tert-OH is 2. The van der Waals surface area contributed by atoms with E-state index >= 15 is 0 Å². The van der Waals surface area contributed by atoms with E-state index in [4.69, 9.17) is 0 Å². The second-order valence-corrected chi connectivity index (χ2v) is 9.46. The molecule has 2 fully saturated rings. The molecule has 4 aliphatic rings. The standard InChI is InChI=1S/C27H35NO3/c1-4-5-6-7-10-20-13-14-22-25-18(3)16-19-12-15-23(29)26(30)24(19)17(2)9-8-11-21(25)27(31)28(20)22/h4-9,11-12,15-16,19-26,29-30H,10,13-14H2,1-3H3/b5-4+,7-6+,11-8-,17-9+,18-16+/t19-,20-,21+,22+,23-,24-,25-,26-/m1/s1. The zero-order valence-corrected chi connectivity index (χ0v) is 18.8. The average molecular weight is 422 g/mol. The Morgan fingerprint density at radius 3 is 2.65 bits per heavy atom. The highest BCUT2D eigenvalue weighted by Crippen LogP contribution is 2.47. The molecule has 0 aromatic carbocycles. The van der Waals surface area contributed by atoms with E-state index in [0.29, 0.717) is 0 Å². The minimum absolute atomic E-state index is 0.0203. The number of aliphatic hydroxyl groups is 2. The minimum Gasteiger partial charge on any atom is -0.389 e. The lowest BCUT2D eigenvalue weighted by Gasteiger charge is -2.35. The number of fused-ring (bicyclic) bond motifs is 4. The fourth-order valence-electron chi connectivity index (χ4n) is 6.12. The molecule has 166 valence electrons. The molecular weight excluding hydrogens is 386 g/mol. The Balaban J connectivity index is 1.67. The van der Waals surface area contributed by atoms with Gasteiger partial charge in [-0.05, 0) is 40.0 Å². The fourth-order valence-corrected chi connectivity index (χ4v) is 6.12. The van der Waals surface area contributed by atoms with Crippen LogP contribution in [0.25, 0.3) is 0 Å². The van der Waals surface area contributed by atoms with Crippen molar-refractivity contribution in [1.82, 2.24) is 4.90 Å². The van der Waals surface area contributed by atoms with Crippen molar-refractivity contribution < 1.29 is 15.0 Å². The van der Waals surface area contributed by atoms with Crippen molar-refractivity contribution in [3.05, 3.63) is 71.9 Å². The van der Waals surface area contributed by atoms with E-state index in [-0.39, 0.29) is 41.7 Å². The van der Waals surface area contributed by atoms with Crippen LogP contribution in [0.1, 0.15) is 40.0 Å². The monoisotopic (exact) mass is 421 g/mol. The van der Waals surface area contributed by atoms with Gasteiger partial charge in [0.15, 0.2) is 0 Å². The van der Waals surface area contributed by atoms with Gasteiger partial charge < -0.3 is 15.1 Å². The van der Waals surface area contributed by atoms with E-state index < -0.39 is 12.2 Å². The van der Waals surface area contributed by atoms with E-state index in [0.717, 1.165) is 24.8 Å². The molecule has 0 unspecified atom stereocenters. The maximum absolute atomic E-state index is 13.5. The molecule has 31 heavy (non-hydrogen) atoms. The smallest absolute Gasteiger partial charge is 0.230 e. The van der Waals surface area contributed by atoms with Crippen LogP contribution < -0.4 is 0 Å². The number of rotatable bonds is 3. The lowest BCUT2D eigenvalue weighted by molar-refractivity contribution is -0.131. The normalized spacial score (nSPS) is 44.5. The van der Waals surface area contributed by atoms with Gasteiger partial charge in [-0.2, -0.15) is 0 Å². The second-order valence-electron chi connectivity index (χ2n) is 9.46. The van der Waals surface area contributed by atoms with Crippen LogP contribution in [-0.2, 0) is 4.79 Å². The molecule has 2 heterocycles. The summed E-state index contributed by atoms with van der Waals surface area (Å²) in [5, 5.41) is 20.8. The molecule has 4 heteroatoms. The minimum atomic E-state index is -0.840. The van der Waals surface area contributed by atoms with Crippen LogP contribution in [0, 0.1) is 23.7 Å². The maximum atomic E-state index is 13.5. The lowest BCUT2D eigenvalue weighted by atomic mass is 9.73. The van der Waals surface area contributed by atoms with Crippen LogP contribution in [0.5, 0.6) is 0 Å². The van der Waals surface area contributed by atoms with E-state index in [1.165, 1.54) is 5.57 Å². The van der Waals surface area contributed by atoms with Crippen molar-refractivity contribution in [1.29, 1.82) is 0 Å². The van der Waals surface area contributed by atoms with Gasteiger partial charge in [0.25, 0.3) is 0 Å². The first-order valence-electron chi connectivity index (χ1n) is 11.6. The quantitative estimate of drug-likeness (QED) is 0.533. The van der Waals surface area contributed by atoms with Gasteiger partial charge in [-0.3, -0.25) is 4.79 Å². The van der Waals surface area contributed by atoms with E-state index in [2.05, 4.69) is 36.1 Å². The van der Waals surface area contributed by atoms with Gasteiger partial charge in [0, 0.05) is 29.8 Å². The Kier molecular flexibility index (Phi) is 6.49. The van der Waals surface area contributed by atoms with Crippen LogP contribution in [0.2, 0.25) is 0 Å². The Morgan fingerprint density at radius 1 is 1.06 bits per heavy atom. The van der Waals surface area contributed by atoms with Crippen molar-refractivity contribution in [3.63, 3.8) is 0 Å². The highest BCUT2D eigenvalue weighted by atomic mass is 16.3. The maximum Gasteiger partial charge on any atom is 0.230 e. The molecule has 0 radical (unpaired) electrons. The molecule has 2 saturated heterocycles. The third-order valence-electron chi connectivity index (χ3n) is 7.58. The van der Waals surface area contributed by atoms with Crippen molar-refractivity contribution in [3.8, 4) is 0 Å². The van der Waals surface area contributed by atoms with Gasteiger partial charge in [-0.1, -0.05) is 71.9 Å². The largest absolute Gasteiger partial charge is 0.389 e. The number of nitrogens with zero attached hydrogens (tertiary/aromatic N) is 1. The van der Waals surface area contributed by atoms with Crippen LogP contribution in [-0.4, -0.2) is 45.3 Å². The highest BCUT2D eigenvalue weighted by Gasteiger charge is 2.52. The van der Waals surface area contributed by atoms with Crippen LogP contribution in [0.3, 0.4) is 0 Å². The summed E-state index contributed by atoms with van der Waals surface area (Å²) in [5.74, 6) is 0.147. The van der Waals surface area contributed by atoms with Crippen LogP contribution >= 0.6 is 0 Å². The number of allylic oxidation sites excluding steroid dienone is 7. The summed E-state index contributed by atoms with van der Waals surface area (Å²) >= 11 is 0. The average Bonchev–Trinajstić information content (AvgIpc) is 3.27. The molecule has 0 aromatic rings. The number of amides is 1. The molecule has 0 spiro atoms. The Bertz CT molecular complexity index is 877. The lowest BCUT2D eigenvalue weighted by Crippen LogP contribution is -2.40. The molecule has 4 rings (SSSR count). The van der Waals surface area contributed by atoms with Crippen molar-refractivity contribution in [2.75, 3.05) is 0 Å². The van der Waals surface area contributed by atoms with E-state index in [9.17, 15) is 15.0 Å². The molecule has 0 aromatic heterocycles. The zero-order chi connectivity index (χ0) is 22.1. The van der Waals surface area contributed by atoms with Gasteiger partial charge in [-0.25, -0.2) is 0 Å². The van der Waals surface area contributed by atoms with Gasteiger partial charge in [0.05, 0.1) is 18.1 Å². The third-order valence-corrected chi connectivity index (χ3v) is 7.58. The first kappa shape index (κ1) is 22.0. The molecule has 8 atom stereocenters. The highest BCUT2D eigenvalue weighted by molar-refractivity contribution is 5.85. The summed E-state index contributed by atoms with van der Waals surface area (Å²) in [6, 6.07) is 0.513. The number of carbonyl (C=O) groups excluding carboxylic acids is 1. The summed E-state index contributed by atoms with van der Waals surface area (Å²) in [4.78, 5) is 15.7. The summed E-state index contributed by atoms with van der Waals surface area (Å²) in [5.41, 5.74) is 2.25. The predicted molar refractivity (Wildman–Crippen MR) is 124 cm³/mol. The molecule has 1 amide bonds. The predicted octanol–water partition coefficient (Wildman–Crippen LogP) is 4.10. The molecular formula is C27H35NO3. The SMILES string of the molecule is C/C=C/C=C/C[C@@H]1CC[C@H]2[C@@H]3/C(C)=C/[C@H]4C=C[C@@H](O)[C@@H](O)[C@@H]4/C(C)=C/C=C\[C@@H]3C(=O)N12. The number of hydrogen-bond donors (Lipinski definition) is 2. The molecule has 4 nitrogen and oxygen atoms in total. The fraction of sp³-hybridized carbons (Fsp3) is 0.519. The van der Waals surface area contributed by atoms with Crippen molar-refractivity contribution in [2.45, 2.75) is 64.3 Å². The summed E-state index contributed by atoms with van der Waals surface area (Å²) in [6.07, 6.45) is 21.6. The topological polar surface area (TPSA) is 60.8 Å². The van der Waals surface area contributed by atoms with Crippen LogP contribution in [0.15, 0.2) is 71.9 Å². The Morgan fingerprint density at radius 2 is 1.87 bits per heavy atom. The molecule has 2 aliphatic carbocycles. The first-order chi connectivity index (χ1) is 14.9. The third kappa shape index (κ3) is 4.04.